The summed E-state index contributed by atoms with van der Waals surface area (Å²) in [6.07, 6.45) is 8.20. The maximum atomic E-state index is 12.6. The fourth-order valence-electron chi connectivity index (χ4n) is 10.2. The minimum Gasteiger partial charge on any atom is -0.478 e. The number of rotatable bonds is 1. The van der Waals surface area contributed by atoms with Crippen molar-refractivity contribution in [2.45, 2.75) is 90.6 Å². The van der Waals surface area contributed by atoms with Gasteiger partial charge in [0.1, 0.15) is 0 Å². The lowest BCUT2D eigenvalue weighted by Gasteiger charge is -2.23. The fourth-order valence-corrected chi connectivity index (χ4v) is 10.2. The van der Waals surface area contributed by atoms with Gasteiger partial charge in [0, 0.05) is 60.8 Å². The quantitative estimate of drug-likeness (QED) is 0.162. The largest absolute Gasteiger partial charge is 0.478 e. The number of hydrogen-bond acceptors (Lipinski definition) is 12. The highest BCUT2D eigenvalue weighted by Gasteiger charge is 2.25. The van der Waals surface area contributed by atoms with Gasteiger partial charge in [-0.3, -0.25) is 14.8 Å². The van der Waals surface area contributed by atoms with Crippen molar-refractivity contribution in [3.63, 3.8) is 0 Å². The highest BCUT2D eigenvalue weighted by atomic mass is 16.4. The molecule has 298 valence electrons. The summed E-state index contributed by atoms with van der Waals surface area (Å²) in [4.78, 5) is 65.0. The van der Waals surface area contributed by atoms with Crippen LogP contribution in [-0.4, -0.2) is 65.7 Å². The van der Waals surface area contributed by atoms with Gasteiger partial charge in [-0.25, -0.2) is 44.7 Å². The molecular formula is C48H39N11O2. The number of carboxylic acid groups (broad SMARTS) is 1. The van der Waals surface area contributed by atoms with Crippen LogP contribution in [0.5, 0.6) is 0 Å². The topological polar surface area (TPSA) is 160 Å². The maximum absolute atomic E-state index is 12.6. The maximum Gasteiger partial charge on any atom is 0.335 e. The molecule has 2 aromatic carbocycles. The van der Waals surface area contributed by atoms with E-state index in [1.54, 1.807) is 12.1 Å². The Balaban J connectivity index is 1.07. The third-order valence-corrected chi connectivity index (χ3v) is 13.0. The van der Waals surface area contributed by atoms with Crippen molar-refractivity contribution < 1.29 is 9.90 Å². The van der Waals surface area contributed by atoms with Crippen molar-refractivity contribution in [3.05, 3.63) is 123 Å². The average molecular weight is 802 g/mol. The molecule has 0 amide bonds. The molecule has 0 atom stereocenters. The Bertz CT molecular complexity index is 3000. The summed E-state index contributed by atoms with van der Waals surface area (Å²) >= 11 is 0. The normalized spacial score (nSPS) is 18.7. The zero-order valence-electron chi connectivity index (χ0n) is 33.4. The summed E-state index contributed by atoms with van der Waals surface area (Å²) in [6.45, 7) is 2.54. The van der Waals surface area contributed by atoms with Gasteiger partial charge in [0.15, 0.2) is 0 Å². The van der Waals surface area contributed by atoms with Gasteiger partial charge in [-0.05, 0) is 112 Å². The predicted octanol–water partition coefficient (Wildman–Crippen LogP) is 7.65. The van der Waals surface area contributed by atoms with Crippen molar-refractivity contribution in [1.29, 1.82) is 0 Å². The summed E-state index contributed by atoms with van der Waals surface area (Å²) in [5.74, 6) is -0.991. The lowest BCUT2D eigenvalue weighted by molar-refractivity contribution is 0.0696. The van der Waals surface area contributed by atoms with Crippen molar-refractivity contribution in [3.8, 4) is 0 Å². The standard InChI is InChI=1S/C48H39N11O2/c60-48(61)25-17-30-23-58-19-26-9-13-32-40(50-26)41-33(45-44(32)54-36-5-1-2-6-37(36)55-45)14-10-27(51-41)20-59(24-31(18-25)49-30)22-29-12-16-35-43(53-29)42-34(15-11-28(21-58)52-42)46-47(35)57-39-8-4-3-7-38(39)56-46/h9-18H,1-8,19-24H2,(H,60,61). The Labute approximate surface area is 349 Å². The number of carbonyl (C=O) groups is 1. The number of aromatic carboxylic acids is 1. The molecule has 13 heteroatoms. The van der Waals surface area contributed by atoms with Crippen molar-refractivity contribution in [1.82, 2.24) is 54.7 Å². The zero-order chi connectivity index (χ0) is 40.3. The van der Waals surface area contributed by atoms with Crippen LogP contribution in [-0.2, 0) is 65.0 Å². The van der Waals surface area contributed by atoms with Crippen molar-refractivity contribution >= 4 is 71.6 Å². The summed E-state index contributed by atoms with van der Waals surface area (Å²) in [5, 5.41) is 14.1. The minimum atomic E-state index is -0.991. The fraction of sp³-hybridized carbons (Fsp3) is 0.292. The molecule has 9 aromatic rings. The number of nitrogens with zero attached hydrogens (tertiary/aromatic N) is 11. The second-order valence-electron chi connectivity index (χ2n) is 17.3. The summed E-state index contributed by atoms with van der Waals surface area (Å²) in [7, 11) is 0. The van der Waals surface area contributed by atoms with Gasteiger partial charge >= 0.3 is 5.97 Å². The van der Waals surface area contributed by atoms with Crippen LogP contribution in [0.3, 0.4) is 0 Å². The lowest BCUT2D eigenvalue weighted by atomic mass is 9.99. The number of carboxylic acids is 1. The number of aromatic nitrogens is 9. The Morgan fingerprint density at radius 3 is 0.951 bits per heavy atom. The van der Waals surface area contributed by atoms with Gasteiger partial charge in [-0.1, -0.05) is 0 Å². The molecule has 13 nitrogen and oxygen atoms in total. The number of hydrogen-bond donors (Lipinski definition) is 1. The Hall–Kier alpha value is -6.70. The van der Waals surface area contributed by atoms with Crippen LogP contribution in [0.1, 0.15) is 93.0 Å². The van der Waals surface area contributed by atoms with Gasteiger partial charge in [-0.2, -0.15) is 0 Å². The number of fused-ring (bicyclic) bond motifs is 14. The molecular weight excluding hydrogens is 763 g/mol. The molecule has 12 bridgehead atoms. The molecule has 9 heterocycles. The van der Waals surface area contributed by atoms with E-state index in [1.165, 1.54) is 0 Å². The second kappa shape index (κ2) is 13.4. The second-order valence-corrected chi connectivity index (χ2v) is 17.3. The van der Waals surface area contributed by atoms with Gasteiger partial charge in [0.2, 0.25) is 0 Å². The van der Waals surface area contributed by atoms with E-state index in [0.717, 1.165) is 163 Å². The first-order valence-corrected chi connectivity index (χ1v) is 21.4. The molecule has 0 radical (unpaired) electrons. The van der Waals surface area contributed by atoms with Crippen molar-refractivity contribution in [2.75, 3.05) is 0 Å². The van der Waals surface area contributed by atoms with Crippen LogP contribution >= 0.6 is 0 Å². The number of aryl methyl sites for hydroxylation is 4. The Morgan fingerprint density at radius 2 is 0.656 bits per heavy atom. The molecule has 1 N–H and O–H groups in total. The molecule has 0 fully saturated rings. The van der Waals surface area contributed by atoms with Crippen molar-refractivity contribution in [2.24, 2.45) is 0 Å². The first-order valence-electron chi connectivity index (χ1n) is 21.4. The minimum absolute atomic E-state index is 0.204. The van der Waals surface area contributed by atoms with Gasteiger partial charge in [0.05, 0.1) is 107 Å². The zero-order valence-corrected chi connectivity index (χ0v) is 33.4. The van der Waals surface area contributed by atoms with E-state index in [4.69, 9.17) is 44.9 Å². The molecule has 4 aliphatic rings. The molecule has 7 aromatic heterocycles. The van der Waals surface area contributed by atoms with Gasteiger partial charge in [-0.15, -0.1) is 0 Å². The highest BCUT2D eigenvalue weighted by Crippen LogP contribution is 2.37. The first-order chi connectivity index (χ1) is 29.9. The monoisotopic (exact) mass is 801 g/mol. The molecule has 2 aliphatic carbocycles. The third kappa shape index (κ3) is 5.82. The number of benzene rings is 2. The van der Waals surface area contributed by atoms with Gasteiger partial charge < -0.3 is 5.11 Å². The smallest absolute Gasteiger partial charge is 0.335 e. The summed E-state index contributed by atoms with van der Waals surface area (Å²) in [6, 6.07) is 20.2. The van der Waals surface area contributed by atoms with Gasteiger partial charge in [0.25, 0.3) is 0 Å². The Kier molecular flexibility index (Phi) is 7.71. The van der Waals surface area contributed by atoms with Crippen LogP contribution in [0.2, 0.25) is 0 Å². The molecule has 13 rings (SSSR count). The average Bonchev–Trinajstić information content (AvgIpc) is 3.27. The predicted molar refractivity (Wildman–Crippen MR) is 231 cm³/mol. The van der Waals surface area contributed by atoms with Crippen LogP contribution in [0, 0.1) is 0 Å². The van der Waals surface area contributed by atoms with E-state index in [-0.39, 0.29) is 5.56 Å². The SMILES string of the molecule is O=C(O)c1cc2nc(c1)CN1Cc3ccc4c(n3)c3nc(ccc3c3nc5c(nc43)CCCC5)CN(C2)Cc2ccc3c(n2)c2nc(ccc2c2nc4c(nc32)CCCC4)C1. The molecule has 2 aliphatic heterocycles. The third-order valence-electron chi connectivity index (χ3n) is 13.0. The van der Waals surface area contributed by atoms with E-state index in [0.29, 0.717) is 50.7 Å². The molecule has 0 spiro atoms. The van der Waals surface area contributed by atoms with Crippen LogP contribution in [0.4, 0.5) is 0 Å². The van der Waals surface area contributed by atoms with E-state index in [9.17, 15) is 9.90 Å². The molecule has 61 heavy (non-hydrogen) atoms. The van der Waals surface area contributed by atoms with E-state index >= 15 is 0 Å². The van der Waals surface area contributed by atoms with Crippen LogP contribution < -0.4 is 0 Å². The molecule has 0 saturated carbocycles. The Morgan fingerprint density at radius 1 is 0.377 bits per heavy atom. The summed E-state index contributed by atoms with van der Waals surface area (Å²) in [5.41, 5.74) is 16.0. The van der Waals surface area contributed by atoms with Crippen LogP contribution in [0.25, 0.3) is 65.7 Å². The lowest BCUT2D eigenvalue weighted by Crippen LogP contribution is -2.26. The number of pyridine rings is 5. The highest BCUT2D eigenvalue weighted by molar-refractivity contribution is 6.21. The van der Waals surface area contributed by atoms with E-state index < -0.39 is 5.97 Å². The van der Waals surface area contributed by atoms with E-state index in [2.05, 4.69) is 58.3 Å². The summed E-state index contributed by atoms with van der Waals surface area (Å²) < 4.78 is 0. The first kappa shape index (κ1) is 35.1. The van der Waals surface area contributed by atoms with Crippen LogP contribution in [0.15, 0.2) is 60.7 Å². The molecule has 0 saturated heterocycles. The van der Waals surface area contributed by atoms with E-state index in [1.807, 2.05) is 0 Å². The molecule has 0 unspecified atom stereocenters.